The van der Waals surface area contributed by atoms with Gasteiger partial charge in [-0.05, 0) is 45.7 Å². The maximum Gasteiger partial charge on any atom is 0.410 e. The van der Waals surface area contributed by atoms with Crippen LogP contribution in [-0.4, -0.2) is 38.8 Å². The Morgan fingerprint density at radius 3 is 2.57 bits per heavy atom. The molecule has 0 bridgehead atoms. The minimum atomic E-state index is -0.651. The van der Waals surface area contributed by atoms with Crippen LogP contribution in [-0.2, 0) is 16.8 Å². The minimum Gasteiger partial charge on any atom is -0.444 e. The summed E-state index contributed by atoms with van der Waals surface area (Å²) in [4.78, 5) is 26.5. The number of primary amides is 1. The summed E-state index contributed by atoms with van der Waals surface area (Å²) in [5.41, 5.74) is 6.31. The second kappa shape index (κ2) is 6.05. The fourth-order valence-corrected chi connectivity index (χ4v) is 3.72. The number of carbonyl (C=O) groups excluding carboxylic acids is 2. The second-order valence-electron chi connectivity index (χ2n) is 8.52. The van der Waals surface area contributed by atoms with Gasteiger partial charge in [0.15, 0.2) is 0 Å². The van der Waals surface area contributed by atoms with Gasteiger partial charge in [-0.15, -0.1) is 0 Å². The molecule has 0 unspecified atom stereocenters. The van der Waals surface area contributed by atoms with Crippen molar-refractivity contribution in [3.63, 3.8) is 0 Å². The third kappa shape index (κ3) is 3.12. The zero-order valence-corrected chi connectivity index (χ0v) is 16.2. The molecular formula is C20H23FN4O3. The number of benzene rings is 1. The van der Waals surface area contributed by atoms with Gasteiger partial charge in [0.1, 0.15) is 17.1 Å². The smallest absolute Gasteiger partial charge is 0.410 e. The second-order valence-corrected chi connectivity index (χ2v) is 8.52. The van der Waals surface area contributed by atoms with Crippen LogP contribution in [0.25, 0.3) is 11.3 Å². The van der Waals surface area contributed by atoms with E-state index in [9.17, 15) is 14.0 Å². The molecule has 1 saturated carbocycles. The molecule has 1 fully saturated rings. The first-order valence-electron chi connectivity index (χ1n) is 9.26. The quantitative estimate of drug-likeness (QED) is 0.859. The molecule has 1 aliphatic heterocycles. The average molecular weight is 386 g/mol. The lowest BCUT2D eigenvalue weighted by Gasteiger charge is -2.35. The van der Waals surface area contributed by atoms with E-state index >= 15 is 0 Å². The number of ether oxygens (including phenoxy) is 1. The van der Waals surface area contributed by atoms with E-state index in [2.05, 4.69) is 5.10 Å². The molecule has 1 aromatic carbocycles. The molecule has 2 aromatic rings. The summed E-state index contributed by atoms with van der Waals surface area (Å²) in [5, 5.41) is 4.64. The van der Waals surface area contributed by atoms with Gasteiger partial charge in [-0.3, -0.25) is 14.4 Å². The van der Waals surface area contributed by atoms with Crippen molar-refractivity contribution in [2.75, 3.05) is 6.54 Å². The van der Waals surface area contributed by atoms with Crippen LogP contribution in [0.4, 0.5) is 9.18 Å². The van der Waals surface area contributed by atoms with Gasteiger partial charge < -0.3 is 10.5 Å². The first-order valence-corrected chi connectivity index (χ1v) is 9.26. The molecule has 0 radical (unpaired) electrons. The lowest BCUT2D eigenvalue weighted by Crippen LogP contribution is -2.47. The van der Waals surface area contributed by atoms with Gasteiger partial charge >= 0.3 is 6.09 Å². The highest BCUT2D eigenvalue weighted by Gasteiger charge is 2.53. The minimum absolute atomic E-state index is 0.164. The molecule has 8 heteroatoms. The number of aromatic nitrogens is 2. The molecule has 4 rings (SSSR count). The monoisotopic (exact) mass is 386 g/mol. The SMILES string of the molecule is CC(C)(C)OC(=O)N1Cc2c(C(N)=O)c(-c3cccc(F)c3)nn2C2(CC2)C1. The van der Waals surface area contributed by atoms with E-state index in [0.29, 0.717) is 23.5 Å². The third-order valence-electron chi connectivity index (χ3n) is 5.08. The summed E-state index contributed by atoms with van der Waals surface area (Å²) in [5.74, 6) is -1.07. The van der Waals surface area contributed by atoms with E-state index in [1.165, 1.54) is 12.1 Å². The highest BCUT2D eigenvalue weighted by molar-refractivity contribution is 6.00. The summed E-state index contributed by atoms with van der Waals surface area (Å²) in [6.45, 7) is 6.04. The summed E-state index contributed by atoms with van der Waals surface area (Å²) < 4.78 is 21.1. The number of carbonyl (C=O) groups is 2. The molecule has 2 amide bonds. The average Bonchev–Trinajstić information content (AvgIpc) is 3.22. The van der Waals surface area contributed by atoms with Gasteiger partial charge in [-0.1, -0.05) is 12.1 Å². The van der Waals surface area contributed by atoms with Gasteiger partial charge in [0.2, 0.25) is 0 Å². The Labute approximate surface area is 162 Å². The lowest BCUT2D eigenvalue weighted by atomic mass is 10.0. The van der Waals surface area contributed by atoms with Crippen molar-refractivity contribution >= 4 is 12.0 Å². The summed E-state index contributed by atoms with van der Waals surface area (Å²) in [6, 6.07) is 5.91. The predicted molar refractivity (Wildman–Crippen MR) is 100.0 cm³/mol. The number of rotatable bonds is 2. The van der Waals surface area contributed by atoms with Crippen LogP contribution in [0.3, 0.4) is 0 Å². The Bertz CT molecular complexity index is 972. The van der Waals surface area contributed by atoms with E-state index in [-0.39, 0.29) is 17.6 Å². The van der Waals surface area contributed by atoms with Gasteiger partial charge in [0.05, 0.1) is 23.3 Å². The molecule has 1 spiro atoms. The van der Waals surface area contributed by atoms with E-state index in [1.807, 2.05) is 25.5 Å². The first kappa shape index (κ1) is 18.5. The van der Waals surface area contributed by atoms with Crippen molar-refractivity contribution in [1.82, 2.24) is 14.7 Å². The fraction of sp³-hybridized carbons (Fsp3) is 0.450. The van der Waals surface area contributed by atoms with E-state index in [0.717, 1.165) is 12.8 Å². The van der Waals surface area contributed by atoms with Gasteiger partial charge in [0, 0.05) is 12.1 Å². The van der Waals surface area contributed by atoms with Crippen LogP contribution >= 0.6 is 0 Å². The first-order chi connectivity index (χ1) is 13.1. The Hall–Kier alpha value is -2.90. The van der Waals surface area contributed by atoms with E-state index < -0.39 is 23.4 Å². The largest absolute Gasteiger partial charge is 0.444 e. The number of halogens is 1. The zero-order chi connectivity index (χ0) is 20.3. The summed E-state index contributed by atoms with van der Waals surface area (Å²) in [6.07, 6.45) is 1.23. The van der Waals surface area contributed by atoms with Crippen LogP contribution in [0.1, 0.15) is 49.7 Å². The van der Waals surface area contributed by atoms with Crippen LogP contribution in [0.15, 0.2) is 24.3 Å². The number of hydrogen-bond acceptors (Lipinski definition) is 4. The number of amides is 2. The number of nitrogens with two attached hydrogens (primary N) is 1. The number of hydrogen-bond donors (Lipinski definition) is 1. The zero-order valence-electron chi connectivity index (χ0n) is 16.2. The van der Waals surface area contributed by atoms with Gasteiger partial charge in [-0.25, -0.2) is 9.18 Å². The molecule has 2 heterocycles. The lowest BCUT2D eigenvalue weighted by molar-refractivity contribution is 0.0141. The van der Waals surface area contributed by atoms with Crippen LogP contribution in [0.2, 0.25) is 0 Å². The molecule has 2 N–H and O–H groups in total. The highest BCUT2D eigenvalue weighted by atomic mass is 19.1. The molecular weight excluding hydrogens is 363 g/mol. The molecule has 0 atom stereocenters. The normalized spacial score (nSPS) is 17.4. The molecule has 7 nitrogen and oxygen atoms in total. The molecule has 28 heavy (non-hydrogen) atoms. The maximum absolute atomic E-state index is 13.7. The standard InChI is InChI=1S/C20H23FN4O3/c1-19(2,3)28-18(27)24-10-14-15(17(22)26)16(12-5-4-6-13(21)9-12)23-25(14)20(11-24)7-8-20/h4-6,9H,7-8,10-11H2,1-3H3,(H2,22,26). The van der Waals surface area contributed by atoms with E-state index in [1.54, 1.807) is 17.0 Å². The van der Waals surface area contributed by atoms with Crippen molar-refractivity contribution in [3.8, 4) is 11.3 Å². The number of nitrogens with zero attached hydrogens (tertiary/aromatic N) is 3. The van der Waals surface area contributed by atoms with Crippen LogP contribution in [0, 0.1) is 5.82 Å². The topological polar surface area (TPSA) is 90.4 Å². The maximum atomic E-state index is 13.7. The Morgan fingerprint density at radius 1 is 1.29 bits per heavy atom. The summed E-state index contributed by atoms with van der Waals surface area (Å²) >= 11 is 0. The van der Waals surface area contributed by atoms with Gasteiger partial charge in [0.25, 0.3) is 5.91 Å². The molecule has 2 aliphatic rings. The van der Waals surface area contributed by atoms with Crippen molar-refractivity contribution < 1.29 is 18.7 Å². The van der Waals surface area contributed by atoms with Crippen LogP contribution in [0.5, 0.6) is 0 Å². The Morgan fingerprint density at radius 2 is 2.00 bits per heavy atom. The molecule has 148 valence electrons. The van der Waals surface area contributed by atoms with Crippen molar-refractivity contribution in [1.29, 1.82) is 0 Å². The summed E-state index contributed by atoms with van der Waals surface area (Å²) in [7, 11) is 0. The highest BCUT2D eigenvalue weighted by Crippen LogP contribution is 2.49. The fourth-order valence-electron chi connectivity index (χ4n) is 3.72. The van der Waals surface area contributed by atoms with Crippen molar-refractivity contribution in [3.05, 3.63) is 41.3 Å². The molecule has 1 aliphatic carbocycles. The predicted octanol–water partition coefficient (Wildman–Crippen LogP) is 3.03. The Kier molecular flexibility index (Phi) is 3.99. The van der Waals surface area contributed by atoms with Gasteiger partial charge in [-0.2, -0.15) is 5.10 Å². The Balaban J connectivity index is 1.79. The number of fused-ring (bicyclic) bond motifs is 2. The van der Waals surface area contributed by atoms with Crippen molar-refractivity contribution in [2.24, 2.45) is 5.73 Å². The molecule has 1 aromatic heterocycles. The third-order valence-corrected chi connectivity index (χ3v) is 5.08. The molecule has 0 saturated heterocycles. The van der Waals surface area contributed by atoms with Crippen LogP contribution < -0.4 is 5.73 Å². The van der Waals surface area contributed by atoms with E-state index in [4.69, 9.17) is 10.5 Å². The van der Waals surface area contributed by atoms with Crippen molar-refractivity contribution in [2.45, 2.75) is 51.3 Å².